The molecular formula is C23H28N4O3. The highest BCUT2D eigenvalue weighted by atomic mass is 16.5. The van der Waals surface area contributed by atoms with Gasteiger partial charge in [0.2, 0.25) is 0 Å². The van der Waals surface area contributed by atoms with Crippen molar-refractivity contribution in [3.63, 3.8) is 0 Å². The third-order valence-corrected chi connectivity index (χ3v) is 5.31. The first-order valence-corrected chi connectivity index (χ1v) is 9.75. The molecule has 7 nitrogen and oxygen atoms in total. The van der Waals surface area contributed by atoms with E-state index in [1.165, 1.54) is 0 Å². The van der Waals surface area contributed by atoms with Gasteiger partial charge in [0, 0.05) is 35.0 Å². The fourth-order valence-corrected chi connectivity index (χ4v) is 3.09. The Hall–Kier alpha value is -3.35. The molecule has 0 spiro atoms. The van der Waals surface area contributed by atoms with Crippen LogP contribution in [0.3, 0.4) is 0 Å². The number of nitrogens with zero attached hydrogens (tertiary/aromatic N) is 2. The molecule has 7 heteroatoms. The summed E-state index contributed by atoms with van der Waals surface area (Å²) in [4.78, 5) is 23.7. The first-order valence-electron chi connectivity index (χ1n) is 9.75. The number of nitrogens with one attached hydrogen (secondary N) is 2. The van der Waals surface area contributed by atoms with Crippen molar-refractivity contribution < 1.29 is 9.47 Å². The number of aromatic amines is 1. The first kappa shape index (κ1) is 21.4. The van der Waals surface area contributed by atoms with Crippen LogP contribution in [0.15, 0.2) is 41.3 Å². The molecule has 2 heterocycles. The van der Waals surface area contributed by atoms with Crippen LogP contribution in [0, 0.1) is 13.8 Å². The predicted molar refractivity (Wildman–Crippen MR) is 119 cm³/mol. The second kappa shape index (κ2) is 8.57. The highest BCUT2D eigenvalue weighted by Crippen LogP contribution is 2.33. The Morgan fingerprint density at radius 1 is 1.07 bits per heavy atom. The fraction of sp³-hybridized carbons (Fsp3) is 0.348. The SMILES string of the molecule is COc1ccc(C(C)(C)CNc2ccc(-c3nc(C)c(C)c(=O)[nH]3)cn2)cc1OC. The molecule has 0 aliphatic heterocycles. The second-order valence-electron chi connectivity index (χ2n) is 7.86. The van der Waals surface area contributed by atoms with Gasteiger partial charge in [-0.15, -0.1) is 0 Å². The van der Waals surface area contributed by atoms with E-state index in [9.17, 15) is 4.79 Å². The average molecular weight is 409 g/mol. The van der Waals surface area contributed by atoms with Crippen molar-refractivity contribution in [2.75, 3.05) is 26.1 Å². The number of aryl methyl sites for hydroxylation is 1. The predicted octanol–water partition coefficient (Wildman–Crippen LogP) is 3.86. The van der Waals surface area contributed by atoms with Crippen LogP contribution < -0.4 is 20.3 Å². The summed E-state index contributed by atoms with van der Waals surface area (Å²) in [5.74, 6) is 2.69. The molecular weight excluding hydrogens is 380 g/mol. The lowest BCUT2D eigenvalue weighted by Crippen LogP contribution is -2.28. The van der Waals surface area contributed by atoms with Crippen molar-refractivity contribution in [3.8, 4) is 22.9 Å². The summed E-state index contributed by atoms with van der Waals surface area (Å²) in [6.45, 7) is 8.57. The number of benzene rings is 1. The lowest BCUT2D eigenvalue weighted by Gasteiger charge is -2.27. The number of anilines is 1. The zero-order valence-corrected chi connectivity index (χ0v) is 18.3. The maximum Gasteiger partial charge on any atom is 0.254 e. The lowest BCUT2D eigenvalue weighted by molar-refractivity contribution is 0.353. The van der Waals surface area contributed by atoms with Gasteiger partial charge >= 0.3 is 0 Å². The van der Waals surface area contributed by atoms with Gasteiger partial charge < -0.3 is 19.8 Å². The molecule has 0 unspecified atom stereocenters. The van der Waals surface area contributed by atoms with E-state index in [4.69, 9.17) is 9.47 Å². The van der Waals surface area contributed by atoms with Crippen molar-refractivity contribution in [2.45, 2.75) is 33.1 Å². The van der Waals surface area contributed by atoms with Crippen LogP contribution in [0.2, 0.25) is 0 Å². The molecule has 0 saturated carbocycles. The highest BCUT2D eigenvalue weighted by Gasteiger charge is 2.22. The minimum Gasteiger partial charge on any atom is -0.493 e. The molecule has 3 rings (SSSR count). The fourth-order valence-electron chi connectivity index (χ4n) is 3.09. The molecule has 0 aliphatic rings. The van der Waals surface area contributed by atoms with Crippen molar-refractivity contribution in [1.82, 2.24) is 15.0 Å². The highest BCUT2D eigenvalue weighted by molar-refractivity contribution is 5.56. The smallest absolute Gasteiger partial charge is 0.254 e. The molecule has 0 fully saturated rings. The summed E-state index contributed by atoms with van der Waals surface area (Å²) >= 11 is 0. The van der Waals surface area contributed by atoms with Crippen molar-refractivity contribution in [2.24, 2.45) is 0 Å². The second-order valence-corrected chi connectivity index (χ2v) is 7.86. The maximum atomic E-state index is 12.0. The largest absolute Gasteiger partial charge is 0.493 e. The summed E-state index contributed by atoms with van der Waals surface area (Å²) in [7, 11) is 3.26. The van der Waals surface area contributed by atoms with Gasteiger partial charge in [0.05, 0.1) is 14.2 Å². The minimum atomic E-state index is -0.166. The Kier molecular flexibility index (Phi) is 6.10. The van der Waals surface area contributed by atoms with Crippen LogP contribution in [0.5, 0.6) is 11.5 Å². The lowest BCUT2D eigenvalue weighted by atomic mass is 9.84. The Balaban J connectivity index is 1.74. The molecule has 2 N–H and O–H groups in total. The molecule has 3 aromatic rings. The molecule has 30 heavy (non-hydrogen) atoms. The zero-order chi connectivity index (χ0) is 21.9. The van der Waals surface area contributed by atoms with E-state index in [2.05, 4.69) is 34.1 Å². The number of ether oxygens (including phenoxy) is 2. The summed E-state index contributed by atoms with van der Waals surface area (Å²) < 4.78 is 10.7. The van der Waals surface area contributed by atoms with Crippen LogP contribution in [0.4, 0.5) is 5.82 Å². The molecule has 0 bridgehead atoms. The van der Waals surface area contributed by atoms with E-state index in [0.717, 1.165) is 16.9 Å². The van der Waals surface area contributed by atoms with E-state index in [1.54, 1.807) is 27.3 Å². The van der Waals surface area contributed by atoms with Crippen LogP contribution in [-0.4, -0.2) is 35.7 Å². The van der Waals surface area contributed by atoms with Gasteiger partial charge in [-0.1, -0.05) is 19.9 Å². The molecule has 0 saturated heterocycles. The number of H-pyrrole nitrogens is 1. The normalized spacial score (nSPS) is 11.3. The first-order chi connectivity index (χ1) is 14.2. The molecule has 0 atom stereocenters. The maximum absolute atomic E-state index is 12.0. The number of hydrogen-bond donors (Lipinski definition) is 2. The van der Waals surface area contributed by atoms with Gasteiger partial charge in [-0.25, -0.2) is 9.97 Å². The van der Waals surface area contributed by atoms with Crippen molar-refractivity contribution in [3.05, 3.63) is 63.7 Å². The monoisotopic (exact) mass is 408 g/mol. The quantitative estimate of drug-likeness (QED) is 0.617. The van der Waals surface area contributed by atoms with Crippen molar-refractivity contribution in [1.29, 1.82) is 0 Å². The van der Waals surface area contributed by atoms with Gasteiger partial charge in [0.15, 0.2) is 11.5 Å². The number of rotatable bonds is 7. The Morgan fingerprint density at radius 3 is 2.40 bits per heavy atom. The Bertz CT molecular complexity index is 1090. The number of pyridine rings is 1. The van der Waals surface area contributed by atoms with Crippen LogP contribution in [0.1, 0.15) is 30.7 Å². The van der Waals surface area contributed by atoms with E-state index in [-0.39, 0.29) is 11.0 Å². The number of methoxy groups -OCH3 is 2. The zero-order valence-electron chi connectivity index (χ0n) is 18.3. The summed E-state index contributed by atoms with van der Waals surface area (Å²) in [6.07, 6.45) is 1.71. The third-order valence-electron chi connectivity index (χ3n) is 5.31. The van der Waals surface area contributed by atoms with E-state index in [1.807, 2.05) is 37.3 Å². The minimum absolute atomic E-state index is 0.128. The molecule has 0 aliphatic carbocycles. The molecule has 1 aromatic carbocycles. The Morgan fingerprint density at radius 2 is 1.80 bits per heavy atom. The Labute approximate surface area is 176 Å². The molecule has 0 radical (unpaired) electrons. The molecule has 2 aromatic heterocycles. The van der Waals surface area contributed by atoms with Gasteiger partial charge in [0.1, 0.15) is 11.6 Å². The average Bonchev–Trinajstić information content (AvgIpc) is 2.75. The van der Waals surface area contributed by atoms with E-state index >= 15 is 0 Å². The summed E-state index contributed by atoms with van der Waals surface area (Å²) in [6, 6.07) is 9.74. The number of hydrogen-bond acceptors (Lipinski definition) is 6. The standard InChI is InChI=1S/C23H28N4O3/c1-14-15(2)26-21(27-22(14)28)16-7-10-20(24-12-16)25-13-23(3,4)17-8-9-18(29-5)19(11-17)30-6/h7-12H,13H2,1-6H3,(H,24,25)(H,26,27,28). The van der Waals surface area contributed by atoms with Gasteiger partial charge in [-0.2, -0.15) is 0 Å². The molecule has 158 valence electrons. The van der Waals surface area contributed by atoms with E-state index in [0.29, 0.717) is 35.1 Å². The topological polar surface area (TPSA) is 89.1 Å². The molecule has 0 amide bonds. The van der Waals surface area contributed by atoms with Gasteiger partial charge in [0.25, 0.3) is 5.56 Å². The summed E-state index contributed by atoms with van der Waals surface area (Å²) in [5.41, 5.74) is 2.94. The van der Waals surface area contributed by atoms with Crippen LogP contribution in [-0.2, 0) is 5.41 Å². The van der Waals surface area contributed by atoms with Gasteiger partial charge in [-0.3, -0.25) is 4.79 Å². The van der Waals surface area contributed by atoms with Gasteiger partial charge in [-0.05, 0) is 43.7 Å². The van der Waals surface area contributed by atoms with Crippen LogP contribution in [0.25, 0.3) is 11.4 Å². The van der Waals surface area contributed by atoms with Crippen LogP contribution >= 0.6 is 0 Å². The summed E-state index contributed by atoms with van der Waals surface area (Å²) in [5, 5.41) is 3.38. The van der Waals surface area contributed by atoms with Crippen molar-refractivity contribution >= 4 is 5.82 Å². The number of aromatic nitrogens is 3. The van der Waals surface area contributed by atoms with E-state index < -0.39 is 0 Å². The third kappa shape index (κ3) is 4.45.